The summed E-state index contributed by atoms with van der Waals surface area (Å²) in [6, 6.07) is 12.9. The van der Waals surface area contributed by atoms with Crippen LogP contribution in [0.1, 0.15) is 21.6 Å². The van der Waals surface area contributed by atoms with E-state index in [0.29, 0.717) is 28.3 Å². The lowest BCUT2D eigenvalue weighted by Crippen LogP contribution is -2.06. The number of aromatic nitrogens is 1. The summed E-state index contributed by atoms with van der Waals surface area (Å²) in [7, 11) is 0. The monoisotopic (exact) mass is 317 g/mol. The van der Waals surface area contributed by atoms with E-state index >= 15 is 0 Å². The van der Waals surface area contributed by atoms with Gasteiger partial charge in [-0.1, -0.05) is 24.3 Å². The van der Waals surface area contributed by atoms with Crippen molar-refractivity contribution in [2.24, 2.45) is 0 Å². The minimum absolute atomic E-state index is 0.193. The lowest BCUT2D eigenvalue weighted by Gasteiger charge is -2.00. The van der Waals surface area contributed by atoms with E-state index in [1.54, 1.807) is 18.2 Å². The number of allylic oxidation sites excluding steroid dienone is 1. The van der Waals surface area contributed by atoms with Gasteiger partial charge in [0.15, 0.2) is 11.5 Å². The lowest BCUT2D eigenvalue weighted by atomic mass is 10.1. The van der Waals surface area contributed by atoms with Crippen LogP contribution in [-0.2, 0) is 4.79 Å². The Morgan fingerprint density at radius 1 is 0.958 bits per heavy atom. The van der Waals surface area contributed by atoms with Crippen LogP contribution in [0, 0.1) is 0 Å². The summed E-state index contributed by atoms with van der Waals surface area (Å²) < 4.78 is 10.6. The molecule has 2 heterocycles. The zero-order valence-electron chi connectivity index (χ0n) is 12.5. The Labute approximate surface area is 136 Å². The van der Waals surface area contributed by atoms with Crippen molar-refractivity contribution in [3.05, 3.63) is 59.3 Å². The molecule has 3 aromatic rings. The van der Waals surface area contributed by atoms with Gasteiger partial charge in [-0.15, -0.1) is 0 Å². The highest BCUT2D eigenvalue weighted by molar-refractivity contribution is 6.65. The predicted octanol–water partition coefficient (Wildman–Crippen LogP) is 3.20. The van der Waals surface area contributed by atoms with E-state index in [1.165, 1.54) is 0 Å². The van der Waals surface area contributed by atoms with E-state index < -0.39 is 11.6 Å². The Hall–Kier alpha value is -3.34. The number of nitrogens with one attached hydrogen (secondary N) is 1. The number of ether oxygens (including phenoxy) is 2. The molecule has 0 bridgehead atoms. The third-order valence-electron chi connectivity index (χ3n) is 4.36. The molecule has 0 saturated carbocycles. The Morgan fingerprint density at radius 3 is 2.71 bits per heavy atom. The van der Waals surface area contributed by atoms with Gasteiger partial charge in [-0.25, -0.2) is 0 Å². The molecule has 0 saturated heterocycles. The van der Waals surface area contributed by atoms with Crippen LogP contribution < -0.4 is 9.47 Å². The fraction of sp³-hybridized carbons (Fsp3) is 0.0526. The van der Waals surface area contributed by atoms with Crippen molar-refractivity contribution < 1.29 is 19.1 Å². The maximum Gasteiger partial charge on any atom is 0.236 e. The number of hydrogen-bond acceptors (Lipinski definition) is 4. The van der Waals surface area contributed by atoms with Gasteiger partial charge < -0.3 is 14.5 Å². The second kappa shape index (κ2) is 4.58. The molecular formula is C19H11NO4. The normalized spacial score (nSPS) is 17.1. The van der Waals surface area contributed by atoms with Gasteiger partial charge in [-0.2, -0.15) is 0 Å². The summed E-state index contributed by atoms with van der Waals surface area (Å²) >= 11 is 0. The van der Waals surface area contributed by atoms with Gasteiger partial charge in [0, 0.05) is 10.9 Å². The third-order valence-corrected chi connectivity index (χ3v) is 4.36. The van der Waals surface area contributed by atoms with Gasteiger partial charge in [-0.05, 0) is 29.8 Å². The number of rotatable bonds is 1. The number of fused-ring (bicyclic) bond motifs is 4. The SMILES string of the molecule is O=C1C(=O)c2c([nH]c3ccccc23)/C1=C\c1ccc2c(c1)OCO2. The Morgan fingerprint density at radius 2 is 1.79 bits per heavy atom. The number of aromatic amines is 1. The predicted molar refractivity (Wildman–Crippen MR) is 88.1 cm³/mol. The van der Waals surface area contributed by atoms with Crippen molar-refractivity contribution in [1.29, 1.82) is 0 Å². The van der Waals surface area contributed by atoms with Gasteiger partial charge in [0.05, 0.1) is 16.8 Å². The molecule has 0 unspecified atom stereocenters. The molecule has 1 aliphatic heterocycles. The molecule has 0 amide bonds. The van der Waals surface area contributed by atoms with Crippen molar-refractivity contribution in [3.63, 3.8) is 0 Å². The molecule has 1 aromatic heterocycles. The highest BCUT2D eigenvalue weighted by Gasteiger charge is 2.36. The molecule has 1 aliphatic carbocycles. The molecular weight excluding hydrogens is 306 g/mol. The number of hydrogen-bond donors (Lipinski definition) is 1. The van der Waals surface area contributed by atoms with Gasteiger partial charge in [0.2, 0.25) is 18.4 Å². The number of Topliss-reactive ketones (excluding diaryl/α,β-unsaturated/α-hetero) is 2. The molecule has 1 N–H and O–H groups in total. The first-order chi connectivity index (χ1) is 11.7. The highest BCUT2D eigenvalue weighted by atomic mass is 16.7. The Balaban J connectivity index is 1.69. The van der Waals surface area contributed by atoms with Crippen molar-refractivity contribution >= 4 is 34.1 Å². The Bertz CT molecular complexity index is 1070. The molecule has 0 atom stereocenters. The van der Waals surface area contributed by atoms with E-state index in [2.05, 4.69) is 4.98 Å². The first-order valence-electron chi connectivity index (χ1n) is 7.54. The quantitative estimate of drug-likeness (QED) is 0.553. The van der Waals surface area contributed by atoms with E-state index in [9.17, 15) is 9.59 Å². The molecule has 0 radical (unpaired) electrons. The fourth-order valence-electron chi connectivity index (χ4n) is 3.24. The molecule has 0 fully saturated rings. The van der Waals surface area contributed by atoms with Crippen molar-refractivity contribution in [2.45, 2.75) is 0 Å². The molecule has 116 valence electrons. The Kier molecular flexibility index (Phi) is 2.51. The van der Waals surface area contributed by atoms with Gasteiger partial charge in [-0.3, -0.25) is 9.59 Å². The van der Waals surface area contributed by atoms with Gasteiger partial charge >= 0.3 is 0 Å². The summed E-state index contributed by atoms with van der Waals surface area (Å²) in [6.07, 6.45) is 1.71. The number of carbonyl (C=O) groups is 2. The molecule has 5 nitrogen and oxygen atoms in total. The number of carbonyl (C=O) groups excluding carboxylic acids is 2. The summed E-state index contributed by atoms with van der Waals surface area (Å²) in [5.41, 5.74) is 3.05. The van der Waals surface area contributed by atoms with Gasteiger partial charge in [0.1, 0.15) is 0 Å². The minimum atomic E-state index is -0.486. The summed E-state index contributed by atoms with van der Waals surface area (Å²) in [5, 5.41) is 0.778. The smallest absolute Gasteiger partial charge is 0.236 e. The van der Waals surface area contributed by atoms with Gasteiger partial charge in [0.25, 0.3) is 0 Å². The van der Waals surface area contributed by atoms with Crippen LogP contribution in [0.15, 0.2) is 42.5 Å². The van der Waals surface area contributed by atoms with Crippen molar-refractivity contribution in [3.8, 4) is 11.5 Å². The second-order valence-electron chi connectivity index (χ2n) is 5.75. The van der Waals surface area contributed by atoms with E-state index in [0.717, 1.165) is 16.5 Å². The maximum absolute atomic E-state index is 12.4. The van der Waals surface area contributed by atoms with Crippen LogP contribution in [0.3, 0.4) is 0 Å². The molecule has 0 spiro atoms. The lowest BCUT2D eigenvalue weighted by molar-refractivity contribution is -0.109. The van der Waals surface area contributed by atoms with Crippen molar-refractivity contribution in [2.75, 3.05) is 6.79 Å². The topological polar surface area (TPSA) is 68.4 Å². The van der Waals surface area contributed by atoms with Crippen LogP contribution in [0.2, 0.25) is 0 Å². The zero-order valence-corrected chi connectivity index (χ0v) is 12.5. The first-order valence-corrected chi connectivity index (χ1v) is 7.54. The number of para-hydroxylation sites is 1. The molecule has 5 heteroatoms. The molecule has 24 heavy (non-hydrogen) atoms. The average Bonchev–Trinajstić information content (AvgIpc) is 3.26. The van der Waals surface area contributed by atoms with E-state index in [-0.39, 0.29) is 6.79 Å². The van der Waals surface area contributed by atoms with E-state index in [1.807, 2.05) is 30.3 Å². The summed E-state index contributed by atoms with van der Waals surface area (Å²) in [5.74, 6) is 0.365. The number of H-pyrrole nitrogens is 1. The molecule has 5 rings (SSSR count). The first kappa shape index (κ1) is 13.1. The van der Waals surface area contributed by atoms with Crippen LogP contribution >= 0.6 is 0 Å². The zero-order chi connectivity index (χ0) is 16.3. The summed E-state index contributed by atoms with van der Waals surface area (Å²) in [4.78, 5) is 28.0. The standard InChI is InChI=1S/C19H11NO4/c21-18-12(7-10-5-6-14-15(8-10)24-9-23-14)17-16(19(18)22)11-3-1-2-4-13(11)20-17/h1-8,20H,9H2/b12-7+. The van der Waals surface area contributed by atoms with E-state index in [4.69, 9.17) is 9.47 Å². The van der Waals surface area contributed by atoms with Crippen LogP contribution in [-0.4, -0.2) is 23.3 Å². The van der Waals surface area contributed by atoms with Crippen LogP contribution in [0.25, 0.3) is 22.6 Å². The minimum Gasteiger partial charge on any atom is -0.454 e. The third kappa shape index (κ3) is 1.69. The maximum atomic E-state index is 12.4. The largest absolute Gasteiger partial charge is 0.454 e. The number of ketones is 2. The second-order valence-corrected chi connectivity index (χ2v) is 5.75. The number of benzene rings is 2. The van der Waals surface area contributed by atoms with Crippen LogP contribution in [0.5, 0.6) is 11.5 Å². The average molecular weight is 317 g/mol. The highest BCUT2D eigenvalue weighted by Crippen LogP contribution is 2.38. The van der Waals surface area contributed by atoms with Crippen LogP contribution in [0.4, 0.5) is 0 Å². The summed E-state index contributed by atoms with van der Waals surface area (Å²) in [6.45, 7) is 0.193. The molecule has 2 aromatic carbocycles. The van der Waals surface area contributed by atoms with Crippen molar-refractivity contribution in [1.82, 2.24) is 4.98 Å². The molecule has 2 aliphatic rings. The fourth-order valence-corrected chi connectivity index (χ4v) is 3.24.